The second-order valence-electron chi connectivity index (χ2n) is 7.05. The quantitative estimate of drug-likeness (QED) is 0.598. The number of ether oxygens (including phenoxy) is 1. The third-order valence-electron chi connectivity index (χ3n) is 4.87. The molecule has 156 valence electrons. The van der Waals surface area contributed by atoms with E-state index in [4.69, 9.17) is 4.74 Å². The summed E-state index contributed by atoms with van der Waals surface area (Å²) in [6.07, 6.45) is 1.57. The van der Waals surface area contributed by atoms with Gasteiger partial charge in [-0.05, 0) is 50.5 Å². The fourth-order valence-electron chi connectivity index (χ4n) is 3.08. The Morgan fingerprint density at radius 2 is 1.87 bits per heavy atom. The third kappa shape index (κ3) is 4.52. The van der Waals surface area contributed by atoms with Gasteiger partial charge in [0, 0.05) is 22.7 Å². The number of nitrogens with one attached hydrogen (secondary N) is 1. The van der Waals surface area contributed by atoms with E-state index >= 15 is 0 Å². The first-order valence-corrected chi connectivity index (χ1v) is 10.5. The van der Waals surface area contributed by atoms with Gasteiger partial charge in [-0.25, -0.2) is 4.79 Å². The molecule has 2 aromatic heterocycles. The molecule has 2 heterocycles. The Morgan fingerprint density at radius 3 is 2.57 bits per heavy atom. The summed E-state index contributed by atoms with van der Waals surface area (Å²) >= 11 is 1.26. The topological polar surface area (TPSA) is 77.4 Å². The maximum absolute atomic E-state index is 12.7. The second kappa shape index (κ2) is 9.09. The molecule has 0 radical (unpaired) electrons. The molecule has 0 atom stereocenters. The van der Waals surface area contributed by atoms with Crippen molar-refractivity contribution in [1.29, 1.82) is 0 Å². The lowest BCUT2D eigenvalue weighted by molar-refractivity contribution is -0.116. The zero-order valence-corrected chi connectivity index (χ0v) is 18.3. The van der Waals surface area contributed by atoms with Crippen molar-refractivity contribution in [2.75, 3.05) is 11.9 Å². The SMILES string of the molecule is CCOC(=O)c1c(-c2ccc(C)c(C)c2)csc1NC(=O)Cn1cccc(C)c1=O. The van der Waals surface area contributed by atoms with E-state index in [1.807, 2.05) is 37.4 Å². The first kappa shape index (κ1) is 21.5. The molecular formula is C23H24N2O4S. The van der Waals surface area contributed by atoms with E-state index in [1.165, 1.54) is 15.9 Å². The average Bonchev–Trinajstić information content (AvgIpc) is 3.11. The Kier molecular flexibility index (Phi) is 6.52. The van der Waals surface area contributed by atoms with Crippen LogP contribution in [0.4, 0.5) is 5.00 Å². The normalized spacial score (nSPS) is 10.7. The van der Waals surface area contributed by atoms with E-state index in [1.54, 1.807) is 32.2 Å². The highest BCUT2D eigenvalue weighted by Gasteiger charge is 2.23. The number of hydrogen-bond donors (Lipinski definition) is 1. The van der Waals surface area contributed by atoms with Crippen LogP contribution in [0.25, 0.3) is 11.1 Å². The van der Waals surface area contributed by atoms with Crippen LogP contribution in [0.1, 0.15) is 34.0 Å². The predicted octanol–water partition coefficient (Wildman–Crippen LogP) is 4.32. The number of carbonyl (C=O) groups excluding carboxylic acids is 2. The minimum absolute atomic E-state index is 0.139. The van der Waals surface area contributed by atoms with Crippen LogP contribution >= 0.6 is 11.3 Å². The number of aryl methyl sites for hydroxylation is 3. The monoisotopic (exact) mass is 424 g/mol. The third-order valence-corrected chi connectivity index (χ3v) is 5.76. The summed E-state index contributed by atoms with van der Waals surface area (Å²) < 4.78 is 6.58. The predicted molar refractivity (Wildman–Crippen MR) is 119 cm³/mol. The Labute approximate surface area is 179 Å². The van der Waals surface area contributed by atoms with Crippen molar-refractivity contribution in [2.45, 2.75) is 34.2 Å². The number of aromatic nitrogens is 1. The van der Waals surface area contributed by atoms with Crippen molar-refractivity contribution in [2.24, 2.45) is 0 Å². The Bertz CT molecular complexity index is 1160. The largest absolute Gasteiger partial charge is 0.462 e. The number of thiophene rings is 1. The minimum atomic E-state index is -0.491. The van der Waals surface area contributed by atoms with Crippen LogP contribution in [0.2, 0.25) is 0 Å². The highest BCUT2D eigenvalue weighted by atomic mass is 32.1. The van der Waals surface area contributed by atoms with Gasteiger partial charge in [-0.3, -0.25) is 9.59 Å². The summed E-state index contributed by atoms with van der Waals surface area (Å²) in [7, 11) is 0. The summed E-state index contributed by atoms with van der Waals surface area (Å²) in [4.78, 5) is 37.5. The first-order valence-electron chi connectivity index (χ1n) is 9.64. The van der Waals surface area contributed by atoms with E-state index < -0.39 is 5.97 Å². The van der Waals surface area contributed by atoms with Crippen molar-refractivity contribution in [3.05, 3.63) is 74.5 Å². The van der Waals surface area contributed by atoms with E-state index in [0.717, 1.165) is 16.7 Å². The number of hydrogen-bond acceptors (Lipinski definition) is 5. The molecule has 1 N–H and O–H groups in total. The number of anilines is 1. The molecule has 30 heavy (non-hydrogen) atoms. The smallest absolute Gasteiger partial charge is 0.341 e. The molecule has 0 fully saturated rings. The van der Waals surface area contributed by atoms with Gasteiger partial charge in [0.2, 0.25) is 5.91 Å². The van der Waals surface area contributed by atoms with Gasteiger partial charge in [0.25, 0.3) is 5.56 Å². The van der Waals surface area contributed by atoms with Crippen molar-refractivity contribution < 1.29 is 14.3 Å². The molecule has 3 rings (SSSR count). The molecule has 0 bridgehead atoms. The van der Waals surface area contributed by atoms with Crippen molar-refractivity contribution in [1.82, 2.24) is 4.57 Å². The number of carbonyl (C=O) groups is 2. The number of amides is 1. The number of nitrogens with zero attached hydrogens (tertiary/aromatic N) is 1. The summed E-state index contributed by atoms with van der Waals surface area (Å²) in [5.41, 5.74) is 4.53. The van der Waals surface area contributed by atoms with Gasteiger partial charge in [-0.1, -0.05) is 24.3 Å². The lowest BCUT2D eigenvalue weighted by atomic mass is 9.99. The lowest BCUT2D eigenvalue weighted by Crippen LogP contribution is -2.28. The molecule has 1 amide bonds. The fourth-order valence-corrected chi connectivity index (χ4v) is 4.05. The van der Waals surface area contributed by atoms with Crippen LogP contribution in [0, 0.1) is 20.8 Å². The summed E-state index contributed by atoms with van der Waals surface area (Å²) in [6, 6.07) is 9.38. The maximum atomic E-state index is 12.7. The van der Waals surface area contributed by atoms with Gasteiger partial charge >= 0.3 is 5.97 Å². The number of benzene rings is 1. The first-order chi connectivity index (χ1) is 14.3. The van der Waals surface area contributed by atoms with Gasteiger partial charge in [0.1, 0.15) is 17.1 Å². The molecule has 0 aliphatic rings. The highest BCUT2D eigenvalue weighted by Crippen LogP contribution is 2.37. The van der Waals surface area contributed by atoms with Gasteiger partial charge in [0.15, 0.2) is 0 Å². The van der Waals surface area contributed by atoms with Crippen molar-refractivity contribution in [3.63, 3.8) is 0 Å². The fraction of sp³-hybridized carbons (Fsp3) is 0.261. The molecule has 0 saturated carbocycles. The Morgan fingerprint density at radius 1 is 1.10 bits per heavy atom. The van der Waals surface area contributed by atoms with Crippen LogP contribution in [0.15, 0.2) is 46.7 Å². The van der Waals surface area contributed by atoms with Crippen LogP contribution in [0.3, 0.4) is 0 Å². The zero-order valence-electron chi connectivity index (χ0n) is 17.4. The molecule has 6 nitrogen and oxygen atoms in total. The average molecular weight is 425 g/mol. The summed E-state index contributed by atoms with van der Waals surface area (Å²) in [5, 5.41) is 5.03. The van der Waals surface area contributed by atoms with Crippen molar-refractivity contribution in [3.8, 4) is 11.1 Å². The molecule has 0 aliphatic carbocycles. The zero-order chi connectivity index (χ0) is 21.8. The summed E-state index contributed by atoms with van der Waals surface area (Å²) in [6.45, 7) is 7.56. The maximum Gasteiger partial charge on any atom is 0.341 e. The van der Waals surface area contributed by atoms with E-state index in [-0.39, 0.29) is 24.6 Å². The van der Waals surface area contributed by atoms with Gasteiger partial charge < -0.3 is 14.6 Å². The van der Waals surface area contributed by atoms with E-state index in [2.05, 4.69) is 5.32 Å². The molecule has 3 aromatic rings. The van der Waals surface area contributed by atoms with Gasteiger partial charge in [-0.2, -0.15) is 0 Å². The minimum Gasteiger partial charge on any atom is -0.462 e. The molecule has 0 spiro atoms. The van der Waals surface area contributed by atoms with Crippen LogP contribution in [-0.2, 0) is 16.1 Å². The van der Waals surface area contributed by atoms with E-state index in [0.29, 0.717) is 21.7 Å². The Hall–Kier alpha value is -3.19. The molecule has 0 unspecified atom stereocenters. The van der Waals surface area contributed by atoms with Crippen molar-refractivity contribution >= 4 is 28.2 Å². The second-order valence-corrected chi connectivity index (χ2v) is 7.93. The van der Waals surface area contributed by atoms with E-state index in [9.17, 15) is 14.4 Å². The van der Waals surface area contributed by atoms with Crippen LogP contribution in [-0.4, -0.2) is 23.1 Å². The number of rotatable bonds is 6. The molecular weight excluding hydrogens is 400 g/mol. The summed E-state index contributed by atoms with van der Waals surface area (Å²) in [5.74, 6) is -0.878. The molecule has 1 aromatic carbocycles. The molecule has 0 saturated heterocycles. The molecule has 0 aliphatic heterocycles. The standard InChI is InChI=1S/C23H24N2O4S/c1-5-29-23(28)20-18(17-9-8-14(2)16(4)11-17)13-30-21(20)24-19(26)12-25-10-6-7-15(3)22(25)27/h6-11,13H,5,12H2,1-4H3,(H,24,26). The highest BCUT2D eigenvalue weighted by molar-refractivity contribution is 7.15. The van der Waals surface area contributed by atoms with Crippen LogP contribution in [0.5, 0.6) is 0 Å². The van der Waals surface area contributed by atoms with Gasteiger partial charge in [0.05, 0.1) is 6.61 Å². The Balaban J connectivity index is 1.94. The molecule has 7 heteroatoms. The van der Waals surface area contributed by atoms with Crippen LogP contribution < -0.4 is 10.9 Å². The number of esters is 1. The van der Waals surface area contributed by atoms with Gasteiger partial charge in [-0.15, -0.1) is 11.3 Å². The lowest BCUT2D eigenvalue weighted by Gasteiger charge is -2.11. The number of pyridine rings is 1.